The summed E-state index contributed by atoms with van der Waals surface area (Å²) in [5.41, 5.74) is 2.62. The van der Waals surface area contributed by atoms with Gasteiger partial charge >= 0.3 is 6.09 Å². The Morgan fingerprint density at radius 3 is 3.08 bits per heavy atom. The maximum Gasteiger partial charge on any atom is 0.407 e. The summed E-state index contributed by atoms with van der Waals surface area (Å²) >= 11 is 0. The van der Waals surface area contributed by atoms with E-state index < -0.39 is 0 Å². The Hall–Kier alpha value is -2.90. The number of nitrogens with zero attached hydrogens (tertiary/aromatic N) is 4. The second-order valence-electron chi connectivity index (χ2n) is 7.02. The molecule has 3 aromatic rings. The molecule has 1 unspecified atom stereocenters. The zero-order chi connectivity index (χ0) is 17.5. The van der Waals surface area contributed by atoms with Gasteiger partial charge in [-0.05, 0) is 31.7 Å². The monoisotopic (exact) mass is 352 g/mol. The molecule has 2 N–H and O–H groups in total. The molecular formula is C18H20N6O2. The van der Waals surface area contributed by atoms with E-state index in [2.05, 4.69) is 30.4 Å². The van der Waals surface area contributed by atoms with Gasteiger partial charge in [0.15, 0.2) is 5.65 Å². The first-order valence-electron chi connectivity index (χ1n) is 9.07. The lowest BCUT2D eigenvalue weighted by atomic mass is 10.1. The number of amides is 1. The predicted octanol–water partition coefficient (Wildman–Crippen LogP) is 2.36. The molecule has 26 heavy (non-hydrogen) atoms. The molecule has 1 aliphatic heterocycles. The highest BCUT2D eigenvalue weighted by molar-refractivity contribution is 6.09. The molecule has 0 aromatic carbocycles. The van der Waals surface area contributed by atoms with Crippen LogP contribution >= 0.6 is 0 Å². The lowest BCUT2D eigenvalue weighted by molar-refractivity contribution is 0.0880. The van der Waals surface area contributed by atoms with Crippen LogP contribution in [0, 0.1) is 0 Å². The van der Waals surface area contributed by atoms with E-state index in [9.17, 15) is 4.79 Å². The molecule has 0 radical (unpaired) electrons. The zero-order valence-electron chi connectivity index (χ0n) is 14.3. The molecule has 0 spiro atoms. The highest BCUT2D eigenvalue weighted by Crippen LogP contribution is 2.32. The van der Waals surface area contributed by atoms with Crippen LogP contribution in [0.2, 0.25) is 0 Å². The summed E-state index contributed by atoms with van der Waals surface area (Å²) in [7, 11) is 0. The lowest BCUT2D eigenvalue weighted by Crippen LogP contribution is -2.42. The van der Waals surface area contributed by atoms with E-state index in [1.54, 1.807) is 12.4 Å². The van der Waals surface area contributed by atoms with Crippen molar-refractivity contribution in [3.8, 4) is 0 Å². The Balaban J connectivity index is 1.43. The lowest BCUT2D eigenvalue weighted by Gasteiger charge is -2.34. The van der Waals surface area contributed by atoms with Gasteiger partial charge in [0.2, 0.25) is 0 Å². The van der Waals surface area contributed by atoms with Gasteiger partial charge in [-0.3, -0.25) is 5.10 Å². The highest BCUT2D eigenvalue weighted by atomic mass is 16.6. The quantitative estimate of drug-likeness (QED) is 0.751. The molecule has 4 heterocycles. The third-order valence-corrected chi connectivity index (χ3v) is 5.05. The number of alkyl carbamates (subject to hydrolysis) is 1. The number of carbonyl (C=O) groups is 1. The summed E-state index contributed by atoms with van der Waals surface area (Å²) in [6, 6.07) is 2.29. The van der Waals surface area contributed by atoms with Crippen LogP contribution in [0.4, 0.5) is 10.5 Å². The van der Waals surface area contributed by atoms with Crippen molar-refractivity contribution in [3.05, 3.63) is 24.7 Å². The fourth-order valence-corrected chi connectivity index (χ4v) is 3.62. The summed E-state index contributed by atoms with van der Waals surface area (Å²) in [4.78, 5) is 22.9. The van der Waals surface area contributed by atoms with Crippen molar-refractivity contribution in [2.75, 3.05) is 18.0 Å². The number of aromatic nitrogens is 4. The first-order valence-corrected chi connectivity index (χ1v) is 9.07. The third kappa shape index (κ3) is 2.81. The first kappa shape index (κ1) is 15.4. The van der Waals surface area contributed by atoms with Crippen LogP contribution in [0.1, 0.15) is 25.7 Å². The standard InChI is InChI=1S/C18H20N6O2/c25-18(22-11-3-4-11)26-12-2-1-7-24(10-12)15-9-21-23-14-8-20-17-13(16(14)15)5-6-19-17/h5-6,8-9,11-12,23H,1-4,7,10H2,(H,22,25). The van der Waals surface area contributed by atoms with Crippen molar-refractivity contribution in [1.29, 1.82) is 0 Å². The number of fused-ring (bicyclic) bond motifs is 3. The van der Waals surface area contributed by atoms with E-state index in [1.807, 2.05) is 12.3 Å². The number of rotatable bonds is 3. The maximum atomic E-state index is 12.0. The van der Waals surface area contributed by atoms with Gasteiger partial charge in [-0.2, -0.15) is 5.10 Å². The summed E-state index contributed by atoms with van der Waals surface area (Å²) < 4.78 is 5.63. The van der Waals surface area contributed by atoms with Crippen molar-refractivity contribution >= 4 is 33.7 Å². The molecule has 5 rings (SSSR count). The number of pyridine rings is 1. The molecule has 0 bridgehead atoms. The number of H-pyrrole nitrogens is 1. The van der Waals surface area contributed by atoms with Crippen molar-refractivity contribution < 1.29 is 9.53 Å². The van der Waals surface area contributed by atoms with Crippen molar-refractivity contribution in [2.24, 2.45) is 0 Å². The molecule has 2 aliphatic rings. The minimum Gasteiger partial charge on any atom is -0.444 e. The molecule has 1 atom stereocenters. The van der Waals surface area contributed by atoms with Crippen LogP contribution in [-0.2, 0) is 4.74 Å². The number of hydrogen-bond donors (Lipinski definition) is 2. The van der Waals surface area contributed by atoms with Crippen molar-refractivity contribution in [1.82, 2.24) is 25.5 Å². The molecule has 2 fully saturated rings. The van der Waals surface area contributed by atoms with Gasteiger partial charge in [-0.15, -0.1) is 0 Å². The SMILES string of the molecule is O=C(NC1CC1)OC1CCCN(c2cn[nH]c3cnc4nccc4c23)C1. The van der Waals surface area contributed by atoms with Gasteiger partial charge in [0, 0.05) is 29.6 Å². The van der Waals surface area contributed by atoms with Crippen LogP contribution < -0.4 is 10.2 Å². The molecule has 8 heteroatoms. The maximum absolute atomic E-state index is 12.0. The molecular weight excluding hydrogens is 332 g/mol. The highest BCUT2D eigenvalue weighted by Gasteiger charge is 2.28. The minimum absolute atomic E-state index is 0.114. The van der Waals surface area contributed by atoms with Gasteiger partial charge < -0.3 is 15.0 Å². The largest absolute Gasteiger partial charge is 0.444 e. The molecule has 1 saturated heterocycles. The number of aromatic amines is 1. The van der Waals surface area contributed by atoms with Crippen LogP contribution in [-0.4, -0.2) is 51.5 Å². The second-order valence-corrected chi connectivity index (χ2v) is 7.02. The molecule has 134 valence electrons. The van der Waals surface area contributed by atoms with E-state index in [0.717, 1.165) is 59.9 Å². The third-order valence-electron chi connectivity index (χ3n) is 5.05. The fraction of sp³-hybridized carbons (Fsp3) is 0.444. The topological polar surface area (TPSA) is 96.0 Å². The predicted molar refractivity (Wildman–Crippen MR) is 97.1 cm³/mol. The number of hydrogen-bond acceptors (Lipinski definition) is 6. The van der Waals surface area contributed by atoms with Crippen molar-refractivity contribution in [3.63, 3.8) is 0 Å². The molecule has 8 nitrogen and oxygen atoms in total. The Bertz CT molecular complexity index is 967. The summed E-state index contributed by atoms with van der Waals surface area (Å²) in [6.07, 6.45) is 8.93. The zero-order valence-corrected chi connectivity index (χ0v) is 14.3. The van der Waals surface area contributed by atoms with Gasteiger partial charge in [-0.1, -0.05) is 0 Å². The van der Waals surface area contributed by atoms with E-state index in [1.165, 1.54) is 0 Å². The van der Waals surface area contributed by atoms with Crippen LogP contribution in [0.5, 0.6) is 0 Å². The number of nitrogens with one attached hydrogen (secondary N) is 2. The van der Waals surface area contributed by atoms with E-state index in [4.69, 9.17) is 4.74 Å². The van der Waals surface area contributed by atoms with Crippen LogP contribution in [0.25, 0.3) is 21.9 Å². The Morgan fingerprint density at radius 1 is 1.27 bits per heavy atom. The number of ether oxygens (including phenoxy) is 1. The van der Waals surface area contributed by atoms with Crippen LogP contribution in [0.15, 0.2) is 24.7 Å². The Labute approximate surface area is 149 Å². The number of piperidine rings is 1. The Kier molecular flexibility index (Phi) is 3.62. The van der Waals surface area contributed by atoms with Gasteiger partial charge in [0.05, 0.1) is 30.1 Å². The van der Waals surface area contributed by atoms with Crippen molar-refractivity contribution in [2.45, 2.75) is 37.8 Å². The Morgan fingerprint density at radius 2 is 2.19 bits per heavy atom. The summed E-state index contributed by atoms with van der Waals surface area (Å²) in [5, 5.41) is 12.2. The van der Waals surface area contributed by atoms with E-state index >= 15 is 0 Å². The summed E-state index contributed by atoms with van der Waals surface area (Å²) in [6.45, 7) is 1.57. The number of anilines is 1. The van der Waals surface area contributed by atoms with E-state index in [0.29, 0.717) is 12.6 Å². The average molecular weight is 352 g/mol. The van der Waals surface area contributed by atoms with Gasteiger partial charge in [0.25, 0.3) is 0 Å². The smallest absolute Gasteiger partial charge is 0.407 e. The fourth-order valence-electron chi connectivity index (χ4n) is 3.62. The van der Waals surface area contributed by atoms with Gasteiger partial charge in [0.1, 0.15) is 6.10 Å². The first-order chi connectivity index (χ1) is 12.8. The van der Waals surface area contributed by atoms with Crippen LogP contribution in [0.3, 0.4) is 0 Å². The minimum atomic E-state index is -0.296. The molecule has 1 aliphatic carbocycles. The van der Waals surface area contributed by atoms with Gasteiger partial charge in [-0.25, -0.2) is 14.8 Å². The number of carbonyl (C=O) groups excluding carboxylic acids is 1. The molecule has 1 amide bonds. The summed E-state index contributed by atoms with van der Waals surface area (Å²) in [5.74, 6) is 0. The average Bonchev–Trinajstić information content (AvgIpc) is 3.33. The normalized spacial score (nSPS) is 20.5. The van der Waals surface area contributed by atoms with E-state index in [-0.39, 0.29) is 12.2 Å². The molecule has 3 aromatic heterocycles. The second kappa shape index (κ2) is 6.12. The molecule has 1 saturated carbocycles.